The van der Waals surface area contributed by atoms with Gasteiger partial charge in [0.05, 0.1) is 25.3 Å². The van der Waals surface area contributed by atoms with Gasteiger partial charge in [-0.2, -0.15) is 0 Å². The molecule has 6 nitrogen and oxygen atoms in total. The van der Waals surface area contributed by atoms with Crippen LogP contribution in [0.15, 0.2) is 78.0 Å². The Labute approximate surface area is 191 Å². The van der Waals surface area contributed by atoms with Crippen molar-refractivity contribution in [3.05, 3.63) is 89.5 Å². The number of carbonyl (C=O) groups excluding carboxylic acids is 1. The van der Waals surface area contributed by atoms with Crippen LogP contribution in [0.1, 0.15) is 21.5 Å². The molecule has 0 radical (unpaired) electrons. The summed E-state index contributed by atoms with van der Waals surface area (Å²) in [6.45, 7) is 2.05. The quantitative estimate of drug-likeness (QED) is 0.283. The predicted molar refractivity (Wildman–Crippen MR) is 125 cm³/mol. The summed E-state index contributed by atoms with van der Waals surface area (Å²) >= 11 is 1.51. The zero-order valence-corrected chi connectivity index (χ0v) is 18.9. The van der Waals surface area contributed by atoms with E-state index >= 15 is 0 Å². The van der Waals surface area contributed by atoms with Crippen LogP contribution < -0.4 is 4.74 Å². The first kappa shape index (κ1) is 21.6. The smallest absolute Gasteiger partial charge is 0.338 e. The van der Waals surface area contributed by atoms with E-state index in [0.717, 1.165) is 33.3 Å². The first-order valence-corrected chi connectivity index (χ1v) is 11.1. The third-order valence-electron chi connectivity index (χ3n) is 5.02. The van der Waals surface area contributed by atoms with E-state index in [1.54, 1.807) is 13.2 Å². The van der Waals surface area contributed by atoms with E-state index in [1.165, 1.54) is 18.9 Å². The molecule has 0 unspecified atom stereocenters. The molecule has 3 aromatic carbocycles. The third-order valence-corrected chi connectivity index (χ3v) is 6.00. The number of hydrogen-bond donors (Lipinski definition) is 0. The average molecular weight is 446 g/mol. The number of carbonyl (C=O) groups is 1. The van der Waals surface area contributed by atoms with Gasteiger partial charge in [0.25, 0.3) is 0 Å². The fourth-order valence-electron chi connectivity index (χ4n) is 3.46. The van der Waals surface area contributed by atoms with Gasteiger partial charge < -0.3 is 9.47 Å². The molecular weight excluding hydrogens is 422 g/mol. The summed E-state index contributed by atoms with van der Waals surface area (Å²) in [4.78, 5) is 12.2. The van der Waals surface area contributed by atoms with Crippen LogP contribution in [0.5, 0.6) is 5.75 Å². The molecule has 7 heteroatoms. The molecule has 0 fully saturated rings. The lowest BCUT2D eigenvalue weighted by atomic mass is 10.1. The molecule has 32 heavy (non-hydrogen) atoms. The SMILES string of the molecule is COC(=O)c1ccccc1CSc1nnc(-c2ccccc2OC)n1-c1cccc(C)c1. The number of esters is 1. The Morgan fingerprint density at radius 2 is 1.75 bits per heavy atom. The molecule has 4 rings (SSSR count). The van der Waals surface area contributed by atoms with Gasteiger partial charge in [-0.15, -0.1) is 10.2 Å². The number of para-hydroxylation sites is 1. The van der Waals surface area contributed by atoms with E-state index < -0.39 is 0 Å². The van der Waals surface area contributed by atoms with Crippen LogP contribution in [-0.4, -0.2) is 35.0 Å². The zero-order valence-electron chi connectivity index (χ0n) is 18.1. The summed E-state index contributed by atoms with van der Waals surface area (Å²) in [5.74, 6) is 1.61. The van der Waals surface area contributed by atoms with Gasteiger partial charge >= 0.3 is 5.97 Å². The Hall–Kier alpha value is -3.58. The van der Waals surface area contributed by atoms with Crippen molar-refractivity contribution in [1.29, 1.82) is 0 Å². The lowest BCUT2D eigenvalue weighted by Gasteiger charge is -2.13. The van der Waals surface area contributed by atoms with Crippen LogP contribution >= 0.6 is 11.8 Å². The molecule has 1 heterocycles. The van der Waals surface area contributed by atoms with E-state index in [1.807, 2.05) is 59.2 Å². The number of aromatic nitrogens is 3. The highest BCUT2D eigenvalue weighted by Gasteiger charge is 2.20. The number of ether oxygens (including phenoxy) is 2. The number of hydrogen-bond acceptors (Lipinski definition) is 6. The minimum Gasteiger partial charge on any atom is -0.496 e. The van der Waals surface area contributed by atoms with Crippen molar-refractivity contribution in [2.45, 2.75) is 17.8 Å². The summed E-state index contributed by atoms with van der Waals surface area (Å²) in [5.41, 5.74) is 4.37. The summed E-state index contributed by atoms with van der Waals surface area (Å²) in [6.07, 6.45) is 0. The number of thioether (sulfide) groups is 1. The first-order valence-electron chi connectivity index (χ1n) is 10.1. The van der Waals surface area contributed by atoms with Gasteiger partial charge in [-0.05, 0) is 48.4 Å². The molecule has 0 atom stereocenters. The fourth-order valence-corrected chi connectivity index (χ4v) is 4.42. The number of benzene rings is 3. The summed E-state index contributed by atoms with van der Waals surface area (Å²) < 4.78 is 12.5. The Balaban J connectivity index is 1.77. The molecule has 0 spiro atoms. The van der Waals surface area contributed by atoms with Crippen LogP contribution in [-0.2, 0) is 10.5 Å². The minimum atomic E-state index is -0.351. The normalized spacial score (nSPS) is 10.7. The largest absolute Gasteiger partial charge is 0.496 e. The lowest BCUT2D eigenvalue weighted by Crippen LogP contribution is -2.05. The van der Waals surface area contributed by atoms with Gasteiger partial charge in [-0.3, -0.25) is 4.57 Å². The Kier molecular flexibility index (Phi) is 6.56. The van der Waals surface area contributed by atoms with Crippen molar-refractivity contribution in [1.82, 2.24) is 14.8 Å². The molecule has 0 amide bonds. The summed E-state index contributed by atoms with van der Waals surface area (Å²) in [5, 5.41) is 9.71. The highest BCUT2D eigenvalue weighted by Crippen LogP contribution is 2.34. The number of methoxy groups -OCH3 is 2. The molecule has 0 saturated carbocycles. The molecule has 0 N–H and O–H groups in total. The molecule has 0 aliphatic carbocycles. The molecule has 0 bridgehead atoms. The number of aryl methyl sites for hydroxylation is 1. The first-order chi connectivity index (χ1) is 15.6. The van der Waals surface area contributed by atoms with Crippen LogP contribution in [0.4, 0.5) is 0 Å². The van der Waals surface area contributed by atoms with Gasteiger partial charge in [0.2, 0.25) is 0 Å². The summed E-state index contributed by atoms with van der Waals surface area (Å²) in [6, 6.07) is 23.4. The minimum absolute atomic E-state index is 0.351. The van der Waals surface area contributed by atoms with Crippen LogP contribution in [0.25, 0.3) is 17.1 Å². The second-order valence-electron chi connectivity index (χ2n) is 7.12. The highest BCUT2D eigenvalue weighted by atomic mass is 32.2. The maximum Gasteiger partial charge on any atom is 0.338 e. The zero-order chi connectivity index (χ0) is 22.5. The van der Waals surface area contributed by atoms with Crippen LogP contribution in [0, 0.1) is 6.92 Å². The topological polar surface area (TPSA) is 66.2 Å². The van der Waals surface area contributed by atoms with Crippen LogP contribution in [0.3, 0.4) is 0 Å². The van der Waals surface area contributed by atoms with Crippen molar-refractivity contribution in [2.24, 2.45) is 0 Å². The Morgan fingerprint density at radius 3 is 2.53 bits per heavy atom. The number of nitrogens with zero attached hydrogens (tertiary/aromatic N) is 3. The van der Waals surface area contributed by atoms with Crippen molar-refractivity contribution in [3.8, 4) is 22.8 Å². The Morgan fingerprint density at radius 1 is 0.969 bits per heavy atom. The average Bonchev–Trinajstić information content (AvgIpc) is 3.26. The predicted octanol–water partition coefficient (Wildman–Crippen LogP) is 5.33. The summed E-state index contributed by atoms with van der Waals surface area (Å²) in [7, 11) is 3.03. The highest BCUT2D eigenvalue weighted by molar-refractivity contribution is 7.98. The van der Waals surface area contributed by atoms with Crippen molar-refractivity contribution in [3.63, 3.8) is 0 Å². The van der Waals surface area contributed by atoms with E-state index in [4.69, 9.17) is 9.47 Å². The second kappa shape index (κ2) is 9.70. The van der Waals surface area contributed by atoms with Gasteiger partial charge in [-0.1, -0.05) is 54.2 Å². The second-order valence-corrected chi connectivity index (χ2v) is 8.06. The van der Waals surface area contributed by atoms with Gasteiger partial charge in [0.15, 0.2) is 11.0 Å². The molecule has 162 valence electrons. The van der Waals surface area contributed by atoms with E-state index in [-0.39, 0.29) is 5.97 Å². The van der Waals surface area contributed by atoms with Gasteiger partial charge in [0, 0.05) is 11.4 Å². The Bertz CT molecular complexity index is 1250. The monoisotopic (exact) mass is 445 g/mol. The molecule has 0 aliphatic rings. The van der Waals surface area contributed by atoms with E-state index in [0.29, 0.717) is 17.1 Å². The fraction of sp³-hybridized carbons (Fsp3) is 0.160. The lowest BCUT2D eigenvalue weighted by molar-refractivity contribution is 0.0600. The molecule has 4 aromatic rings. The molecular formula is C25H23N3O3S. The molecule has 0 saturated heterocycles. The van der Waals surface area contributed by atoms with Gasteiger partial charge in [-0.25, -0.2) is 4.79 Å². The standard InChI is InChI=1S/C25H23N3O3S/c1-17-9-8-11-19(15-17)28-23(21-13-6-7-14-22(21)30-2)26-27-25(28)32-16-18-10-4-5-12-20(18)24(29)31-3/h4-15H,16H2,1-3H3. The third kappa shape index (κ3) is 4.38. The van der Waals surface area contributed by atoms with E-state index in [9.17, 15) is 4.79 Å². The van der Waals surface area contributed by atoms with E-state index in [2.05, 4.69) is 29.3 Å². The molecule has 0 aliphatic heterocycles. The van der Waals surface area contributed by atoms with Crippen molar-refractivity contribution >= 4 is 17.7 Å². The van der Waals surface area contributed by atoms with Crippen LogP contribution in [0.2, 0.25) is 0 Å². The maximum atomic E-state index is 12.2. The van der Waals surface area contributed by atoms with Gasteiger partial charge in [0.1, 0.15) is 5.75 Å². The molecule has 1 aromatic heterocycles. The maximum absolute atomic E-state index is 12.2. The number of rotatable bonds is 7. The van der Waals surface area contributed by atoms with Crippen molar-refractivity contribution < 1.29 is 14.3 Å². The van der Waals surface area contributed by atoms with Crippen molar-refractivity contribution in [2.75, 3.05) is 14.2 Å².